The Balaban J connectivity index is 0. The summed E-state index contributed by atoms with van der Waals surface area (Å²) < 4.78 is 0. The van der Waals surface area contributed by atoms with Gasteiger partial charge >= 0.3 is 0 Å². The van der Waals surface area contributed by atoms with Gasteiger partial charge in [-0.1, -0.05) is 0 Å². The summed E-state index contributed by atoms with van der Waals surface area (Å²) in [7, 11) is 0. The fraction of sp³-hybridized carbons (Fsp3) is 0. The van der Waals surface area contributed by atoms with E-state index in [1.807, 2.05) is 0 Å². The summed E-state index contributed by atoms with van der Waals surface area (Å²) in [5.41, 5.74) is 0. The predicted molar refractivity (Wildman–Crippen MR) is 0 cm³/mol. The molecule has 0 unspecified atom stereocenters. The summed E-state index contributed by atoms with van der Waals surface area (Å²) in [5, 5.41) is 0. The van der Waals surface area contributed by atoms with Gasteiger partial charge in [0, 0.05) is 83.3 Å². The second-order valence-electron chi connectivity index (χ2n) is 0. The quantitative estimate of drug-likeness (QED) is 0.305. The zero-order chi connectivity index (χ0) is 0. The van der Waals surface area contributed by atoms with Crippen molar-refractivity contribution in [1.82, 2.24) is 0 Å². The minimum absolute atomic E-state index is 0. The molecule has 38 valence electrons. The van der Waals surface area contributed by atoms with Crippen LogP contribution in [0.3, 0.4) is 0 Å². The van der Waals surface area contributed by atoms with Gasteiger partial charge in [-0.05, 0) is 0 Å². The van der Waals surface area contributed by atoms with Gasteiger partial charge in [0.05, 0.1) is 0 Å². The van der Waals surface area contributed by atoms with Crippen LogP contribution in [0.1, 0.15) is 0 Å². The van der Waals surface area contributed by atoms with E-state index in [1.165, 1.54) is 0 Å². The van der Waals surface area contributed by atoms with E-state index < -0.39 is 0 Å². The molecular weight excluding hydrogens is 774 g/mol. The van der Waals surface area contributed by atoms with E-state index in [-0.39, 0.29) is 83.3 Å². The smallest absolute Gasteiger partial charge is 0 e. The Hall–Kier alpha value is 2.71. The van der Waals surface area contributed by atoms with Crippen molar-refractivity contribution >= 4 is 0 Å². The Morgan fingerprint density at radius 2 is 1.00 bits per heavy atom. The molecule has 0 saturated carbocycles. The third kappa shape index (κ3) is 8.83. The maximum Gasteiger partial charge on any atom is 0 e. The molecule has 0 aliphatic heterocycles. The monoisotopic (exact) mass is 777 g/mol. The molecular formula is AuIrOsPt. The third-order valence-electron chi connectivity index (χ3n) is 0. The molecule has 0 amide bonds. The van der Waals surface area contributed by atoms with E-state index in [0.717, 1.165) is 0 Å². The van der Waals surface area contributed by atoms with Gasteiger partial charge in [-0.2, -0.15) is 0 Å². The van der Waals surface area contributed by atoms with Crippen LogP contribution in [-0.4, -0.2) is 0 Å². The third-order valence-corrected chi connectivity index (χ3v) is 0. The topological polar surface area (TPSA) is 0 Å². The fourth-order valence-electron chi connectivity index (χ4n) is 0. The van der Waals surface area contributed by atoms with E-state index >= 15 is 0 Å². The molecule has 0 bridgehead atoms. The van der Waals surface area contributed by atoms with Crippen molar-refractivity contribution in [1.29, 1.82) is 0 Å². The summed E-state index contributed by atoms with van der Waals surface area (Å²) in [6.07, 6.45) is 0. The standard InChI is InChI=1S/Au.Ir.Os.Pt. The van der Waals surface area contributed by atoms with Crippen LogP contribution < -0.4 is 0 Å². The largest absolute Gasteiger partial charge is 0 e. The Kier molecular flexibility index (Phi) is 128. The average molecular weight is 774 g/mol. The minimum Gasteiger partial charge on any atom is 0 e. The predicted octanol–water partition coefficient (Wildman–Crippen LogP) is -0.0100. The van der Waals surface area contributed by atoms with Crippen LogP contribution in [0.25, 0.3) is 0 Å². The molecule has 0 atom stereocenters. The zero-order valence-corrected chi connectivity index (χ0v) is 10.7. The molecule has 0 nitrogen and oxygen atoms in total. The number of hydrogen-bond acceptors (Lipinski definition) is 0. The van der Waals surface area contributed by atoms with Crippen molar-refractivity contribution in [2.24, 2.45) is 0 Å². The van der Waals surface area contributed by atoms with Crippen LogP contribution in [0.2, 0.25) is 0 Å². The fourth-order valence-corrected chi connectivity index (χ4v) is 0. The Bertz CT molecular complexity index is 8.00. The molecule has 4 heavy (non-hydrogen) atoms. The van der Waals surface area contributed by atoms with E-state index in [4.69, 9.17) is 0 Å². The van der Waals surface area contributed by atoms with E-state index in [2.05, 4.69) is 0 Å². The van der Waals surface area contributed by atoms with Gasteiger partial charge in [-0.15, -0.1) is 0 Å². The first-order valence-corrected chi connectivity index (χ1v) is 0. The molecule has 4 heteroatoms. The van der Waals surface area contributed by atoms with Gasteiger partial charge in [-0.3, -0.25) is 0 Å². The molecule has 2 radical (unpaired) electrons. The Morgan fingerprint density at radius 1 is 1.00 bits per heavy atom. The first kappa shape index (κ1) is 29.8. The van der Waals surface area contributed by atoms with Crippen molar-refractivity contribution in [3.63, 3.8) is 0 Å². The molecule has 0 aromatic heterocycles. The first-order chi connectivity index (χ1) is 0. The van der Waals surface area contributed by atoms with Crippen LogP contribution in [0.5, 0.6) is 0 Å². The second kappa shape index (κ2) is 17.2. The molecule has 0 fully saturated rings. The van der Waals surface area contributed by atoms with E-state index in [1.54, 1.807) is 0 Å². The molecule has 0 aromatic rings. The van der Waals surface area contributed by atoms with Crippen LogP contribution in [0.15, 0.2) is 0 Å². The van der Waals surface area contributed by atoms with Gasteiger partial charge < -0.3 is 0 Å². The average Bonchev–Trinajstić information content (AvgIpc) is 0. The normalized spacial score (nSPS) is 0. The number of hydrogen-bond donors (Lipinski definition) is 0. The SMILES string of the molecule is [Au].[Ir].[Os].[Pt]. The molecule has 0 aliphatic carbocycles. The van der Waals surface area contributed by atoms with E-state index in [9.17, 15) is 0 Å². The van der Waals surface area contributed by atoms with Crippen molar-refractivity contribution in [2.75, 3.05) is 0 Å². The van der Waals surface area contributed by atoms with Gasteiger partial charge in [0.1, 0.15) is 0 Å². The van der Waals surface area contributed by atoms with Gasteiger partial charge in [0.15, 0.2) is 0 Å². The van der Waals surface area contributed by atoms with Crippen LogP contribution in [0, 0.1) is 0 Å². The summed E-state index contributed by atoms with van der Waals surface area (Å²) in [5.74, 6) is 0. The van der Waals surface area contributed by atoms with Crippen LogP contribution >= 0.6 is 0 Å². The minimum atomic E-state index is 0. The van der Waals surface area contributed by atoms with Gasteiger partial charge in [0.25, 0.3) is 0 Å². The molecule has 0 heterocycles. The second-order valence-corrected chi connectivity index (χ2v) is 0. The van der Waals surface area contributed by atoms with E-state index in [0.29, 0.717) is 0 Å². The molecule has 0 saturated heterocycles. The van der Waals surface area contributed by atoms with Gasteiger partial charge in [-0.25, -0.2) is 0 Å². The van der Waals surface area contributed by atoms with Crippen LogP contribution in [-0.2, 0) is 83.3 Å². The number of rotatable bonds is 0. The van der Waals surface area contributed by atoms with Crippen LogP contribution in [0.4, 0.5) is 0 Å². The summed E-state index contributed by atoms with van der Waals surface area (Å²) in [6, 6.07) is 0. The van der Waals surface area contributed by atoms with Crippen molar-refractivity contribution in [2.45, 2.75) is 0 Å². The van der Waals surface area contributed by atoms with Gasteiger partial charge in [0.2, 0.25) is 0 Å². The maximum absolute atomic E-state index is 0. The summed E-state index contributed by atoms with van der Waals surface area (Å²) in [4.78, 5) is 0. The molecule has 0 N–H and O–H groups in total. The summed E-state index contributed by atoms with van der Waals surface area (Å²) in [6.45, 7) is 0. The molecule has 0 spiro atoms. The van der Waals surface area contributed by atoms with Crippen molar-refractivity contribution in [3.8, 4) is 0 Å². The molecule has 0 aromatic carbocycles. The molecule has 0 aliphatic rings. The zero-order valence-electron chi connectivity index (χ0n) is 1.30. The Labute approximate surface area is 82.0 Å². The summed E-state index contributed by atoms with van der Waals surface area (Å²) >= 11 is 0. The molecule has 0 rings (SSSR count). The maximum atomic E-state index is 0. The van der Waals surface area contributed by atoms with Crippen molar-refractivity contribution in [3.05, 3.63) is 0 Å². The Morgan fingerprint density at radius 3 is 1.00 bits per heavy atom. The first-order valence-electron chi connectivity index (χ1n) is 0. The van der Waals surface area contributed by atoms with Crippen molar-refractivity contribution < 1.29 is 83.3 Å².